The van der Waals surface area contributed by atoms with E-state index in [9.17, 15) is 9.59 Å². The summed E-state index contributed by atoms with van der Waals surface area (Å²) in [5, 5.41) is 0. The Balaban J connectivity index is 1.84. The SMILES string of the molecule is CC1(C)CC(=O)C(=O)C(C)(CCC2(C)OCCO2)CC2(C1)OCCO2. The molecule has 1 aliphatic carbocycles. The first-order valence-electron chi connectivity index (χ1n) is 9.21. The Morgan fingerprint density at radius 2 is 1.36 bits per heavy atom. The lowest BCUT2D eigenvalue weighted by molar-refractivity contribution is -0.208. The van der Waals surface area contributed by atoms with Gasteiger partial charge in [-0.1, -0.05) is 20.8 Å². The number of hydrogen-bond acceptors (Lipinski definition) is 6. The zero-order valence-electron chi connectivity index (χ0n) is 15.8. The molecule has 1 spiro atoms. The van der Waals surface area contributed by atoms with Gasteiger partial charge < -0.3 is 18.9 Å². The minimum Gasteiger partial charge on any atom is -0.348 e. The standard InChI is InChI=1S/C19H30O6/c1-16(2)11-14(20)15(21)17(3,5-6-18(4)22-7-8-23-18)13-19(12-16)24-9-10-25-19/h5-13H2,1-4H3. The summed E-state index contributed by atoms with van der Waals surface area (Å²) in [6.45, 7) is 9.91. The number of hydrogen-bond donors (Lipinski definition) is 0. The predicted octanol–water partition coefficient (Wildman–Crippen LogP) is 2.63. The second kappa shape index (κ2) is 6.41. The van der Waals surface area contributed by atoms with Crippen LogP contribution in [0, 0.1) is 10.8 Å². The summed E-state index contributed by atoms with van der Waals surface area (Å²) in [5.41, 5.74) is -1.17. The van der Waals surface area contributed by atoms with Crippen molar-refractivity contribution in [1.29, 1.82) is 0 Å². The molecule has 142 valence electrons. The van der Waals surface area contributed by atoms with Gasteiger partial charge in [-0.25, -0.2) is 0 Å². The molecule has 0 aromatic carbocycles. The summed E-state index contributed by atoms with van der Waals surface area (Å²) in [4.78, 5) is 25.6. The summed E-state index contributed by atoms with van der Waals surface area (Å²) >= 11 is 0. The van der Waals surface area contributed by atoms with E-state index < -0.39 is 17.0 Å². The van der Waals surface area contributed by atoms with Crippen molar-refractivity contribution in [1.82, 2.24) is 0 Å². The van der Waals surface area contributed by atoms with Crippen LogP contribution in [0.2, 0.25) is 0 Å². The van der Waals surface area contributed by atoms with Crippen LogP contribution in [0.1, 0.15) is 59.8 Å². The summed E-state index contributed by atoms with van der Waals surface area (Å²) < 4.78 is 23.3. The van der Waals surface area contributed by atoms with E-state index >= 15 is 0 Å². The zero-order chi connectivity index (χ0) is 18.3. The van der Waals surface area contributed by atoms with Gasteiger partial charge in [0.05, 0.1) is 26.4 Å². The molecular weight excluding hydrogens is 324 g/mol. The van der Waals surface area contributed by atoms with Gasteiger partial charge in [-0.05, 0) is 18.8 Å². The number of rotatable bonds is 3. The number of Topliss-reactive ketones (excluding diaryl/α,β-unsaturated/α-hetero) is 2. The molecule has 0 aromatic rings. The lowest BCUT2D eigenvalue weighted by Crippen LogP contribution is -2.49. The van der Waals surface area contributed by atoms with Crippen molar-refractivity contribution < 1.29 is 28.5 Å². The van der Waals surface area contributed by atoms with Crippen LogP contribution in [0.25, 0.3) is 0 Å². The van der Waals surface area contributed by atoms with Gasteiger partial charge in [-0.2, -0.15) is 0 Å². The minimum atomic E-state index is -0.837. The highest BCUT2D eigenvalue weighted by molar-refractivity contribution is 6.39. The Morgan fingerprint density at radius 1 is 0.800 bits per heavy atom. The first-order valence-corrected chi connectivity index (χ1v) is 9.21. The Bertz CT molecular complexity index is 542. The lowest BCUT2D eigenvalue weighted by atomic mass is 9.66. The maximum atomic E-state index is 13.0. The van der Waals surface area contributed by atoms with Crippen molar-refractivity contribution in [3.8, 4) is 0 Å². The molecule has 6 nitrogen and oxygen atoms in total. The molecule has 1 atom stereocenters. The molecule has 0 aromatic heterocycles. The molecule has 2 heterocycles. The Kier molecular flexibility index (Phi) is 4.86. The molecule has 3 fully saturated rings. The smallest absolute Gasteiger partial charge is 0.204 e. The van der Waals surface area contributed by atoms with E-state index in [4.69, 9.17) is 18.9 Å². The highest BCUT2D eigenvalue weighted by Crippen LogP contribution is 2.48. The largest absolute Gasteiger partial charge is 0.348 e. The number of carbonyl (C=O) groups is 2. The fourth-order valence-corrected chi connectivity index (χ4v) is 4.49. The van der Waals surface area contributed by atoms with E-state index in [1.807, 2.05) is 27.7 Å². The number of ketones is 2. The second-order valence-corrected chi connectivity index (χ2v) is 8.95. The molecule has 0 amide bonds. The molecule has 25 heavy (non-hydrogen) atoms. The molecule has 1 saturated carbocycles. The molecule has 3 aliphatic rings. The maximum Gasteiger partial charge on any atom is 0.204 e. The van der Waals surface area contributed by atoms with Gasteiger partial charge in [0.25, 0.3) is 0 Å². The average molecular weight is 354 g/mol. The van der Waals surface area contributed by atoms with E-state index in [0.717, 1.165) is 0 Å². The monoisotopic (exact) mass is 354 g/mol. The maximum absolute atomic E-state index is 13.0. The van der Waals surface area contributed by atoms with E-state index in [1.165, 1.54) is 0 Å². The molecule has 0 N–H and O–H groups in total. The fraction of sp³-hybridized carbons (Fsp3) is 0.895. The second-order valence-electron chi connectivity index (χ2n) is 8.95. The summed E-state index contributed by atoms with van der Waals surface area (Å²) in [7, 11) is 0. The number of ether oxygens (including phenoxy) is 4. The normalized spacial score (nSPS) is 34.2. The van der Waals surface area contributed by atoms with E-state index in [1.54, 1.807) is 0 Å². The van der Waals surface area contributed by atoms with Crippen molar-refractivity contribution in [2.45, 2.75) is 71.4 Å². The van der Waals surface area contributed by atoms with Gasteiger partial charge >= 0.3 is 0 Å². The first-order chi connectivity index (χ1) is 11.6. The van der Waals surface area contributed by atoms with Crippen molar-refractivity contribution >= 4 is 11.6 Å². The van der Waals surface area contributed by atoms with Gasteiger partial charge in [0, 0.05) is 31.1 Å². The lowest BCUT2D eigenvalue weighted by Gasteiger charge is -2.44. The third-order valence-corrected chi connectivity index (χ3v) is 5.69. The van der Waals surface area contributed by atoms with Gasteiger partial charge in [0.15, 0.2) is 17.4 Å². The van der Waals surface area contributed by atoms with Crippen LogP contribution in [0.15, 0.2) is 0 Å². The predicted molar refractivity (Wildman–Crippen MR) is 89.9 cm³/mol. The highest BCUT2D eigenvalue weighted by Gasteiger charge is 2.53. The van der Waals surface area contributed by atoms with Gasteiger partial charge in [0.2, 0.25) is 5.78 Å². The Morgan fingerprint density at radius 3 is 1.96 bits per heavy atom. The van der Waals surface area contributed by atoms with E-state index in [0.29, 0.717) is 52.1 Å². The van der Waals surface area contributed by atoms with Crippen molar-refractivity contribution in [2.75, 3.05) is 26.4 Å². The third-order valence-electron chi connectivity index (χ3n) is 5.69. The quantitative estimate of drug-likeness (QED) is 0.726. The van der Waals surface area contributed by atoms with Crippen molar-refractivity contribution in [3.05, 3.63) is 0 Å². The average Bonchev–Trinajstić information content (AvgIpc) is 3.13. The van der Waals surface area contributed by atoms with Crippen molar-refractivity contribution in [2.24, 2.45) is 10.8 Å². The Hall–Kier alpha value is -0.820. The third kappa shape index (κ3) is 3.97. The number of carbonyl (C=O) groups excluding carboxylic acids is 2. The molecule has 3 rings (SSSR count). The first kappa shape index (κ1) is 19.0. The zero-order valence-corrected chi connectivity index (χ0v) is 15.8. The minimum absolute atomic E-state index is 0.222. The van der Waals surface area contributed by atoms with Gasteiger partial charge in [-0.15, -0.1) is 0 Å². The molecule has 1 unspecified atom stereocenters. The Labute approximate surface area is 149 Å². The highest BCUT2D eigenvalue weighted by atomic mass is 16.7. The topological polar surface area (TPSA) is 71.1 Å². The van der Waals surface area contributed by atoms with E-state index in [-0.39, 0.29) is 23.4 Å². The molecule has 6 heteroatoms. The molecular formula is C19H30O6. The van der Waals surface area contributed by atoms with Gasteiger partial charge in [-0.3, -0.25) is 9.59 Å². The van der Waals surface area contributed by atoms with Crippen LogP contribution in [0.5, 0.6) is 0 Å². The molecule has 0 radical (unpaired) electrons. The van der Waals surface area contributed by atoms with Crippen molar-refractivity contribution in [3.63, 3.8) is 0 Å². The van der Waals surface area contributed by atoms with Crippen LogP contribution in [0.3, 0.4) is 0 Å². The molecule has 2 saturated heterocycles. The molecule has 0 bridgehead atoms. The fourth-order valence-electron chi connectivity index (χ4n) is 4.49. The summed E-state index contributed by atoms with van der Waals surface area (Å²) in [6.07, 6.45) is 2.29. The molecule has 2 aliphatic heterocycles. The van der Waals surface area contributed by atoms with Gasteiger partial charge in [0.1, 0.15) is 0 Å². The van der Waals surface area contributed by atoms with Crippen LogP contribution < -0.4 is 0 Å². The van der Waals surface area contributed by atoms with Crippen LogP contribution in [-0.4, -0.2) is 49.6 Å². The van der Waals surface area contributed by atoms with E-state index in [2.05, 4.69) is 0 Å². The summed E-state index contributed by atoms with van der Waals surface area (Å²) in [5.74, 6) is -2.08. The summed E-state index contributed by atoms with van der Waals surface area (Å²) in [6, 6.07) is 0. The van der Waals surface area contributed by atoms with Crippen LogP contribution in [-0.2, 0) is 28.5 Å². The van der Waals surface area contributed by atoms with Crippen LogP contribution >= 0.6 is 0 Å². The van der Waals surface area contributed by atoms with Crippen LogP contribution in [0.4, 0.5) is 0 Å².